The van der Waals surface area contributed by atoms with E-state index in [9.17, 15) is 19.5 Å². The van der Waals surface area contributed by atoms with Crippen LogP contribution in [0.2, 0.25) is 5.02 Å². The summed E-state index contributed by atoms with van der Waals surface area (Å²) in [5, 5.41) is 13.5. The second-order valence-electron chi connectivity index (χ2n) is 10.6. The van der Waals surface area contributed by atoms with Crippen molar-refractivity contribution in [3.8, 4) is 16.9 Å². The van der Waals surface area contributed by atoms with Gasteiger partial charge < -0.3 is 25.0 Å². The molecule has 0 atom stereocenters. The summed E-state index contributed by atoms with van der Waals surface area (Å²) in [6, 6.07) is 10.9. The molecule has 3 N–H and O–H groups in total. The first-order chi connectivity index (χ1) is 19.9. The van der Waals surface area contributed by atoms with E-state index in [4.69, 9.17) is 16.3 Å². The van der Waals surface area contributed by atoms with E-state index in [-0.39, 0.29) is 11.5 Å². The van der Waals surface area contributed by atoms with Gasteiger partial charge in [-0.1, -0.05) is 55.5 Å². The highest BCUT2D eigenvalue weighted by Crippen LogP contribution is 2.38. The Morgan fingerprint density at radius 3 is 2.39 bits per heavy atom. The van der Waals surface area contributed by atoms with Gasteiger partial charge in [0.1, 0.15) is 12.4 Å². The summed E-state index contributed by atoms with van der Waals surface area (Å²) < 4.78 is 5.98. The summed E-state index contributed by atoms with van der Waals surface area (Å²) in [6.07, 6.45) is 12.2. The Hall–Kier alpha value is -3.52. The highest BCUT2D eigenvalue weighted by Gasteiger charge is 2.17. The van der Waals surface area contributed by atoms with Crippen molar-refractivity contribution in [2.24, 2.45) is 0 Å². The van der Waals surface area contributed by atoms with Gasteiger partial charge in [0.25, 0.3) is 0 Å². The smallest absolute Gasteiger partial charge is 0.337 e. The van der Waals surface area contributed by atoms with Crippen LogP contribution in [-0.4, -0.2) is 59.0 Å². The van der Waals surface area contributed by atoms with Crippen LogP contribution in [0, 0.1) is 0 Å². The van der Waals surface area contributed by atoms with Gasteiger partial charge in [0.2, 0.25) is 11.8 Å². The van der Waals surface area contributed by atoms with Crippen molar-refractivity contribution in [3.63, 3.8) is 0 Å². The van der Waals surface area contributed by atoms with Gasteiger partial charge in [0, 0.05) is 54.2 Å². The number of hydrogen-bond acceptors (Lipinski definition) is 4. The van der Waals surface area contributed by atoms with Crippen molar-refractivity contribution in [2.45, 2.75) is 70.6 Å². The predicted molar refractivity (Wildman–Crippen MR) is 162 cm³/mol. The maximum atomic E-state index is 12.3. The minimum Gasteiger partial charge on any atom is -0.491 e. The number of rotatable bonds is 15. The van der Waals surface area contributed by atoms with E-state index in [0.717, 1.165) is 70.0 Å². The van der Waals surface area contributed by atoms with E-state index in [1.165, 1.54) is 12.6 Å². The number of halogens is 1. The van der Waals surface area contributed by atoms with Crippen LogP contribution in [0.15, 0.2) is 42.6 Å². The maximum Gasteiger partial charge on any atom is 0.337 e. The second kappa shape index (κ2) is 15.5. The van der Waals surface area contributed by atoms with E-state index < -0.39 is 5.97 Å². The van der Waals surface area contributed by atoms with E-state index in [1.807, 2.05) is 29.2 Å². The number of nitrogens with zero attached hydrogens (tertiary/aromatic N) is 1. The number of amides is 2. The molecule has 2 amide bonds. The molecule has 0 spiro atoms. The van der Waals surface area contributed by atoms with Gasteiger partial charge in [-0.05, 0) is 50.3 Å². The van der Waals surface area contributed by atoms with Crippen LogP contribution >= 0.6 is 11.6 Å². The largest absolute Gasteiger partial charge is 0.491 e. The fourth-order valence-electron chi connectivity index (χ4n) is 5.35. The lowest BCUT2D eigenvalue weighted by atomic mass is 10.0. The van der Waals surface area contributed by atoms with Gasteiger partial charge in [-0.3, -0.25) is 9.59 Å². The van der Waals surface area contributed by atoms with Crippen LogP contribution < -0.4 is 10.1 Å². The Morgan fingerprint density at radius 2 is 1.63 bits per heavy atom. The molecule has 1 aromatic heterocycles. The first-order valence-electron chi connectivity index (χ1n) is 14.7. The zero-order valence-electron chi connectivity index (χ0n) is 23.6. The fraction of sp³-hybridized carbons (Fsp3) is 0.469. The number of aromatic carboxylic acids is 1. The Balaban J connectivity index is 1.13. The zero-order valence-corrected chi connectivity index (χ0v) is 24.3. The van der Waals surface area contributed by atoms with Gasteiger partial charge in [-0.2, -0.15) is 0 Å². The quantitative estimate of drug-likeness (QED) is 0.171. The number of carbonyl (C=O) groups is 3. The van der Waals surface area contributed by atoms with Gasteiger partial charge in [0.15, 0.2) is 0 Å². The number of aromatic nitrogens is 1. The van der Waals surface area contributed by atoms with E-state index >= 15 is 0 Å². The monoisotopic (exact) mass is 581 g/mol. The first kappa shape index (κ1) is 30.4. The number of carboxylic acid groups (broad SMARTS) is 1. The van der Waals surface area contributed by atoms with Crippen molar-refractivity contribution in [1.82, 2.24) is 15.2 Å². The number of carbonyl (C=O) groups excluding carboxylic acids is 2. The highest BCUT2D eigenvalue weighted by molar-refractivity contribution is 6.34. The first-order valence-corrected chi connectivity index (χ1v) is 15.1. The molecule has 0 bridgehead atoms. The molecular formula is C32H40ClN3O5. The molecule has 2 aromatic carbocycles. The van der Waals surface area contributed by atoms with Crippen molar-refractivity contribution in [1.29, 1.82) is 0 Å². The topological polar surface area (TPSA) is 112 Å². The van der Waals surface area contributed by atoms with Crippen LogP contribution in [0.1, 0.15) is 81.0 Å². The number of carboxylic acids is 1. The summed E-state index contributed by atoms with van der Waals surface area (Å²) in [7, 11) is 0. The van der Waals surface area contributed by atoms with Gasteiger partial charge in [-0.15, -0.1) is 0 Å². The molecule has 0 saturated carbocycles. The molecule has 0 aliphatic carbocycles. The number of benzene rings is 2. The van der Waals surface area contributed by atoms with Crippen molar-refractivity contribution in [3.05, 3.63) is 53.2 Å². The highest BCUT2D eigenvalue weighted by atomic mass is 35.5. The molecule has 1 aliphatic heterocycles. The molecule has 1 fully saturated rings. The fourth-order valence-corrected chi connectivity index (χ4v) is 5.62. The number of aromatic amines is 1. The average molecular weight is 582 g/mol. The molecule has 1 saturated heterocycles. The minimum atomic E-state index is -1.01. The van der Waals surface area contributed by atoms with Gasteiger partial charge in [-0.25, -0.2) is 4.79 Å². The van der Waals surface area contributed by atoms with Crippen LogP contribution in [-0.2, 0) is 9.59 Å². The summed E-state index contributed by atoms with van der Waals surface area (Å²) in [5.74, 6) is -0.0876. The van der Waals surface area contributed by atoms with E-state index in [2.05, 4.69) is 10.3 Å². The number of unbranched alkanes of at least 4 members (excludes halogenated alkanes) is 5. The number of nitrogens with one attached hydrogen (secondary N) is 2. The average Bonchev–Trinajstić information content (AvgIpc) is 3.40. The number of fused-ring (bicyclic) bond motifs is 1. The maximum absolute atomic E-state index is 12.3. The third-order valence-electron chi connectivity index (χ3n) is 7.61. The van der Waals surface area contributed by atoms with Crippen molar-refractivity contribution in [2.75, 3.05) is 26.2 Å². The molecule has 0 radical (unpaired) electrons. The molecule has 8 nitrogen and oxygen atoms in total. The molecule has 0 unspecified atom stereocenters. The molecule has 41 heavy (non-hydrogen) atoms. The molecular weight excluding hydrogens is 542 g/mol. The molecule has 220 valence electrons. The lowest BCUT2D eigenvalue weighted by Gasteiger charge is -2.26. The Bertz CT molecular complexity index is 1330. The molecule has 2 heterocycles. The number of hydrogen-bond donors (Lipinski definition) is 3. The number of H-pyrrole nitrogens is 1. The van der Waals surface area contributed by atoms with Crippen molar-refractivity contribution < 1.29 is 24.2 Å². The Labute approximate surface area is 246 Å². The minimum absolute atomic E-state index is 0.0103. The lowest BCUT2D eigenvalue weighted by Crippen LogP contribution is -2.35. The molecule has 3 aromatic rings. The van der Waals surface area contributed by atoms with E-state index in [0.29, 0.717) is 59.1 Å². The standard InChI is InChI=1S/C32H40ClN3O5/c33-27-21-28-25(26(22-35-28)32(39)40)20-24(27)23-12-8-9-13-29(23)41-19-16-34-30(37)14-6-3-1-2-4-7-15-31(38)36-17-10-5-11-18-36/h8-9,12-13,20-22,35H,1-7,10-11,14-19H2,(H,34,37)(H,39,40). The van der Waals surface area contributed by atoms with Gasteiger partial charge in [0.05, 0.1) is 17.1 Å². The SMILES string of the molecule is O=C(CCCCCCCCC(=O)N1CCCCC1)NCCOc1ccccc1-c1cc2c(C(=O)O)c[nH]c2cc1Cl. The summed E-state index contributed by atoms with van der Waals surface area (Å²) in [4.78, 5) is 41.0. The third kappa shape index (κ3) is 8.73. The van der Waals surface area contributed by atoms with Crippen LogP contribution in [0.4, 0.5) is 0 Å². The Morgan fingerprint density at radius 1 is 0.927 bits per heavy atom. The normalized spacial score (nSPS) is 13.3. The third-order valence-corrected chi connectivity index (χ3v) is 7.92. The summed E-state index contributed by atoms with van der Waals surface area (Å²) in [6.45, 7) is 2.53. The van der Waals surface area contributed by atoms with E-state index in [1.54, 1.807) is 12.1 Å². The van der Waals surface area contributed by atoms with Gasteiger partial charge >= 0.3 is 5.97 Å². The number of ether oxygens (including phenoxy) is 1. The lowest BCUT2D eigenvalue weighted by molar-refractivity contribution is -0.132. The van der Waals surface area contributed by atoms with Crippen molar-refractivity contribution >= 4 is 40.3 Å². The van der Waals surface area contributed by atoms with Crippen LogP contribution in [0.5, 0.6) is 5.75 Å². The number of piperidine rings is 1. The predicted octanol–water partition coefficient (Wildman–Crippen LogP) is 6.81. The summed E-state index contributed by atoms with van der Waals surface area (Å²) >= 11 is 6.54. The molecule has 1 aliphatic rings. The molecule has 9 heteroatoms. The Kier molecular flexibility index (Phi) is 11.5. The number of para-hydroxylation sites is 1. The number of likely N-dealkylation sites (tertiary alicyclic amines) is 1. The van der Waals surface area contributed by atoms with Crippen LogP contribution in [0.25, 0.3) is 22.0 Å². The zero-order chi connectivity index (χ0) is 29.0. The second-order valence-corrected chi connectivity index (χ2v) is 11.0. The summed E-state index contributed by atoms with van der Waals surface area (Å²) in [5.41, 5.74) is 2.25. The van der Waals surface area contributed by atoms with Crippen LogP contribution in [0.3, 0.4) is 0 Å². The molecule has 4 rings (SSSR count).